The first-order valence-corrected chi connectivity index (χ1v) is 9.97. The lowest BCUT2D eigenvalue weighted by atomic mass is 10.1. The zero-order chi connectivity index (χ0) is 22.5. The molecule has 0 heterocycles. The van der Waals surface area contributed by atoms with E-state index in [0.717, 1.165) is 18.2 Å². The van der Waals surface area contributed by atoms with Gasteiger partial charge in [-0.15, -0.1) is 0 Å². The number of hydrogen-bond donors (Lipinski definition) is 7. The van der Waals surface area contributed by atoms with E-state index >= 15 is 0 Å². The minimum absolute atomic E-state index is 0.0149. The van der Waals surface area contributed by atoms with Crippen LogP contribution >= 0.6 is 0 Å². The van der Waals surface area contributed by atoms with Gasteiger partial charge in [0.15, 0.2) is 0 Å². The Balaban J connectivity index is 2.08. The van der Waals surface area contributed by atoms with E-state index in [0.29, 0.717) is 0 Å². The molecule has 2 rings (SSSR count). The molecule has 0 spiro atoms. The third kappa shape index (κ3) is 5.67. The van der Waals surface area contributed by atoms with Crippen molar-refractivity contribution in [3.8, 4) is 11.5 Å². The van der Waals surface area contributed by atoms with E-state index in [9.17, 15) is 38.4 Å². The Morgan fingerprint density at radius 2 is 1.33 bits per heavy atom. The van der Waals surface area contributed by atoms with Crippen LogP contribution in [-0.4, -0.2) is 58.4 Å². The summed E-state index contributed by atoms with van der Waals surface area (Å²) in [7, 11) is -4.57. The zero-order valence-electron chi connectivity index (χ0n) is 15.4. The van der Waals surface area contributed by atoms with Crippen molar-refractivity contribution in [1.82, 2.24) is 10.6 Å². The molecule has 0 saturated carbocycles. The fourth-order valence-electron chi connectivity index (χ4n) is 2.75. The summed E-state index contributed by atoms with van der Waals surface area (Å²) >= 11 is 0. The highest BCUT2D eigenvalue weighted by Crippen LogP contribution is 2.27. The van der Waals surface area contributed by atoms with Crippen LogP contribution in [0.25, 0.3) is 0 Å². The lowest BCUT2D eigenvalue weighted by Crippen LogP contribution is -2.37. The number of aliphatic carboxylic acids is 2. The number of carbonyl (C=O) groups is 2. The molecule has 30 heavy (non-hydrogen) atoms. The van der Waals surface area contributed by atoms with E-state index in [-0.39, 0.29) is 30.0 Å². The van der Waals surface area contributed by atoms with Crippen LogP contribution in [0.3, 0.4) is 0 Å². The molecule has 2 unspecified atom stereocenters. The molecule has 12 heteroatoms. The fourth-order valence-corrected chi connectivity index (χ4v) is 3.25. The van der Waals surface area contributed by atoms with Crippen molar-refractivity contribution in [2.75, 3.05) is 13.1 Å². The van der Waals surface area contributed by atoms with E-state index < -0.39 is 44.8 Å². The molecule has 2 atom stereocenters. The normalized spacial score (nSPS) is 13.5. The summed E-state index contributed by atoms with van der Waals surface area (Å²) in [5, 5.41) is 43.8. The standard InChI is InChI=1S/C18H20N2O9S/c21-13-4-2-1-3-11(13)15(17(23)24)19-7-8-20-16(18(25)26)12-6-5-10(9-14(12)22)30(27,28)29/h1-6,9,15-16,19-22H,7-8H2,(H,23,24)(H,25,26)(H,27,28,29). The molecule has 2 aromatic rings. The first-order chi connectivity index (χ1) is 14.0. The average Bonchev–Trinajstić information content (AvgIpc) is 2.65. The molecule has 0 bridgehead atoms. The summed E-state index contributed by atoms with van der Waals surface area (Å²) in [6, 6.07) is 5.90. The highest BCUT2D eigenvalue weighted by atomic mass is 32.2. The van der Waals surface area contributed by atoms with Crippen LogP contribution < -0.4 is 10.6 Å². The van der Waals surface area contributed by atoms with E-state index in [2.05, 4.69) is 10.6 Å². The molecule has 162 valence electrons. The van der Waals surface area contributed by atoms with Crippen molar-refractivity contribution in [2.45, 2.75) is 17.0 Å². The van der Waals surface area contributed by atoms with E-state index in [4.69, 9.17) is 4.55 Å². The number of carboxylic acid groups (broad SMARTS) is 2. The van der Waals surface area contributed by atoms with Crippen molar-refractivity contribution in [1.29, 1.82) is 0 Å². The van der Waals surface area contributed by atoms with E-state index in [1.165, 1.54) is 18.2 Å². The van der Waals surface area contributed by atoms with Gasteiger partial charge in [0.05, 0.1) is 4.90 Å². The van der Waals surface area contributed by atoms with Crippen LogP contribution in [0.4, 0.5) is 0 Å². The summed E-state index contributed by atoms with van der Waals surface area (Å²) in [6.07, 6.45) is 0. The maximum absolute atomic E-state index is 11.5. The summed E-state index contributed by atoms with van der Waals surface area (Å²) in [5.74, 6) is -3.49. The van der Waals surface area contributed by atoms with Crippen LogP contribution in [0.2, 0.25) is 0 Å². The van der Waals surface area contributed by atoms with Gasteiger partial charge in [0.25, 0.3) is 10.1 Å². The molecular weight excluding hydrogens is 420 g/mol. The third-order valence-corrected chi connectivity index (χ3v) is 5.02. The topological polar surface area (TPSA) is 193 Å². The molecule has 0 aliphatic heterocycles. The molecule has 0 saturated heterocycles. The number of carboxylic acids is 2. The molecule has 0 aliphatic carbocycles. The summed E-state index contributed by atoms with van der Waals surface area (Å²) < 4.78 is 31.2. The quantitative estimate of drug-likeness (QED) is 0.200. The van der Waals surface area contributed by atoms with Crippen LogP contribution in [0.1, 0.15) is 23.2 Å². The summed E-state index contributed by atoms with van der Waals surface area (Å²) in [5.41, 5.74) is -0.0105. The van der Waals surface area contributed by atoms with Gasteiger partial charge < -0.3 is 20.4 Å². The fraction of sp³-hybridized carbons (Fsp3) is 0.222. The minimum Gasteiger partial charge on any atom is -0.508 e. The minimum atomic E-state index is -4.57. The predicted octanol–water partition coefficient (Wildman–Crippen LogP) is 0.475. The molecule has 0 fully saturated rings. The molecule has 0 radical (unpaired) electrons. The molecule has 0 amide bonds. The second-order valence-corrected chi connectivity index (χ2v) is 7.63. The van der Waals surface area contributed by atoms with Crippen molar-refractivity contribution in [3.05, 3.63) is 53.6 Å². The van der Waals surface area contributed by atoms with Crippen LogP contribution in [0.15, 0.2) is 47.4 Å². The Kier molecular flexibility index (Phi) is 7.34. The van der Waals surface area contributed by atoms with Crippen LogP contribution in [0.5, 0.6) is 11.5 Å². The van der Waals surface area contributed by atoms with Gasteiger partial charge in [0.1, 0.15) is 23.6 Å². The van der Waals surface area contributed by atoms with Gasteiger partial charge in [-0.2, -0.15) is 8.42 Å². The third-order valence-electron chi connectivity index (χ3n) is 4.17. The van der Waals surface area contributed by atoms with Gasteiger partial charge >= 0.3 is 11.9 Å². The second-order valence-electron chi connectivity index (χ2n) is 6.21. The predicted molar refractivity (Wildman–Crippen MR) is 103 cm³/mol. The first-order valence-electron chi connectivity index (χ1n) is 8.53. The smallest absolute Gasteiger partial charge is 0.325 e. The van der Waals surface area contributed by atoms with Crippen molar-refractivity contribution in [3.63, 3.8) is 0 Å². The second kappa shape index (κ2) is 9.54. The zero-order valence-corrected chi connectivity index (χ0v) is 16.2. The Morgan fingerprint density at radius 3 is 1.77 bits per heavy atom. The first kappa shape index (κ1) is 23.1. The van der Waals surface area contributed by atoms with E-state index in [1.54, 1.807) is 6.07 Å². The Labute approximate surface area is 171 Å². The number of phenolic OH excluding ortho intramolecular Hbond substituents is 2. The van der Waals surface area contributed by atoms with Gasteiger partial charge in [-0.05, 0) is 12.1 Å². The number of aromatic hydroxyl groups is 2. The maximum atomic E-state index is 11.5. The average molecular weight is 440 g/mol. The van der Waals surface area contributed by atoms with Gasteiger partial charge in [-0.1, -0.05) is 24.3 Å². The number of nitrogens with one attached hydrogen (secondary N) is 2. The number of rotatable bonds is 10. The van der Waals surface area contributed by atoms with Gasteiger partial charge in [-0.25, -0.2) is 0 Å². The highest BCUT2D eigenvalue weighted by Gasteiger charge is 2.25. The molecule has 2 aromatic carbocycles. The molecule has 0 aromatic heterocycles. The summed E-state index contributed by atoms with van der Waals surface area (Å²) in [6.45, 7) is -0.0627. The molecule has 11 nitrogen and oxygen atoms in total. The Morgan fingerprint density at radius 1 is 0.833 bits per heavy atom. The van der Waals surface area contributed by atoms with Gasteiger partial charge in [0, 0.05) is 30.3 Å². The highest BCUT2D eigenvalue weighted by molar-refractivity contribution is 7.85. The number of para-hydroxylation sites is 1. The summed E-state index contributed by atoms with van der Waals surface area (Å²) in [4.78, 5) is 22.4. The SMILES string of the molecule is O=C(O)C(NCCNC(C(=O)O)c1ccc(S(=O)(=O)O)cc1O)c1ccccc1O. The maximum Gasteiger partial charge on any atom is 0.325 e. The number of phenols is 2. The molecule has 7 N–H and O–H groups in total. The lowest BCUT2D eigenvalue weighted by Gasteiger charge is -2.19. The number of hydrogen-bond acceptors (Lipinski definition) is 8. The largest absolute Gasteiger partial charge is 0.508 e. The Bertz CT molecular complexity index is 1040. The Hall–Kier alpha value is -3.19. The van der Waals surface area contributed by atoms with Crippen molar-refractivity contribution in [2.24, 2.45) is 0 Å². The van der Waals surface area contributed by atoms with Crippen molar-refractivity contribution < 1.29 is 43.0 Å². The molecular formula is C18H20N2O9S. The molecule has 0 aliphatic rings. The van der Waals surface area contributed by atoms with Gasteiger partial charge in [0.2, 0.25) is 0 Å². The van der Waals surface area contributed by atoms with E-state index in [1.807, 2.05) is 0 Å². The van der Waals surface area contributed by atoms with Crippen LogP contribution in [-0.2, 0) is 19.7 Å². The van der Waals surface area contributed by atoms with Crippen molar-refractivity contribution >= 4 is 22.1 Å². The lowest BCUT2D eigenvalue weighted by molar-refractivity contribution is -0.141. The number of benzene rings is 2. The van der Waals surface area contributed by atoms with Crippen LogP contribution in [0, 0.1) is 0 Å². The monoisotopic (exact) mass is 440 g/mol. The van der Waals surface area contributed by atoms with Gasteiger partial charge in [-0.3, -0.25) is 24.8 Å².